The first-order valence-electron chi connectivity index (χ1n) is 7.31. The van der Waals surface area contributed by atoms with Crippen molar-refractivity contribution in [1.82, 2.24) is 5.01 Å². The fourth-order valence-corrected chi connectivity index (χ4v) is 2.64. The third kappa shape index (κ3) is 2.71. The second kappa shape index (κ2) is 6.01. The van der Waals surface area contributed by atoms with Crippen molar-refractivity contribution in [2.45, 2.75) is 13.0 Å². The van der Waals surface area contributed by atoms with Gasteiger partial charge in [0.25, 0.3) is 0 Å². The van der Waals surface area contributed by atoms with E-state index >= 15 is 0 Å². The van der Waals surface area contributed by atoms with E-state index in [9.17, 15) is 9.59 Å². The number of fused-ring (bicyclic) bond motifs is 1. The van der Waals surface area contributed by atoms with Gasteiger partial charge in [0, 0.05) is 5.56 Å². The molecule has 0 aliphatic carbocycles. The number of benzene rings is 2. The van der Waals surface area contributed by atoms with Crippen LogP contribution in [-0.4, -0.2) is 22.9 Å². The molecule has 0 aromatic heterocycles. The summed E-state index contributed by atoms with van der Waals surface area (Å²) in [5, 5.41) is 5.44. The molecule has 2 aromatic rings. The van der Waals surface area contributed by atoms with E-state index in [1.807, 2.05) is 55.5 Å². The highest BCUT2D eigenvalue weighted by Crippen LogP contribution is 2.33. The number of ketones is 1. The van der Waals surface area contributed by atoms with Gasteiger partial charge in [-0.2, -0.15) is 5.10 Å². The summed E-state index contributed by atoms with van der Waals surface area (Å²) in [6.07, 6.45) is 2.62. The predicted octanol–water partition coefficient (Wildman–Crippen LogP) is 3.02. The van der Waals surface area contributed by atoms with Crippen molar-refractivity contribution in [3.63, 3.8) is 0 Å². The smallest absolute Gasteiger partial charge is 0.284 e. The molecule has 1 atom stereocenters. The minimum atomic E-state index is -0.684. The molecule has 1 heterocycles. The number of amides is 1. The molecule has 0 saturated carbocycles. The number of hydrazone groups is 1. The molecule has 4 nitrogen and oxygen atoms in total. The predicted molar refractivity (Wildman–Crippen MR) is 89.1 cm³/mol. The highest BCUT2D eigenvalue weighted by atomic mass is 16.2. The Bertz CT molecular complexity index is 806. The molecule has 4 heteroatoms. The summed E-state index contributed by atoms with van der Waals surface area (Å²) in [6.45, 7) is 5.38. The number of carbonyl (C=O) groups is 2. The molecule has 114 valence electrons. The molecule has 1 amide bonds. The lowest BCUT2D eigenvalue weighted by molar-refractivity contribution is -0.143. The first-order chi connectivity index (χ1) is 11.1. The van der Waals surface area contributed by atoms with Gasteiger partial charge in [-0.3, -0.25) is 9.59 Å². The van der Waals surface area contributed by atoms with E-state index < -0.39 is 17.7 Å². The van der Waals surface area contributed by atoms with Gasteiger partial charge in [0.1, 0.15) is 6.04 Å². The van der Waals surface area contributed by atoms with Crippen LogP contribution in [0, 0.1) is 6.92 Å². The molecule has 0 saturated heterocycles. The van der Waals surface area contributed by atoms with Crippen molar-refractivity contribution in [2.24, 2.45) is 5.10 Å². The third-order valence-electron chi connectivity index (χ3n) is 3.85. The zero-order valence-electron chi connectivity index (χ0n) is 12.8. The van der Waals surface area contributed by atoms with Gasteiger partial charge < -0.3 is 0 Å². The first kappa shape index (κ1) is 14.9. The molecule has 0 radical (unpaired) electrons. The van der Waals surface area contributed by atoms with E-state index in [4.69, 9.17) is 0 Å². The van der Waals surface area contributed by atoms with Crippen LogP contribution in [0.4, 0.5) is 0 Å². The maximum Gasteiger partial charge on any atom is 0.315 e. The van der Waals surface area contributed by atoms with Gasteiger partial charge >= 0.3 is 5.91 Å². The molecule has 0 bridgehead atoms. The highest BCUT2D eigenvalue weighted by Gasteiger charge is 2.33. The van der Waals surface area contributed by atoms with Crippen molar-refractivity contribution in [2.75, 3.05) is 0 Å². The first-order valence-corrected chi connectivity index (χ1v) is 7.31. The molecule has 0 fully saturated rings. The van der Waals surface area contributed by atoms with E-state index in [0.717, 1.165) is 28.3 Å². The van der Waals surface area contributed by atoms with Crippen LogP contribution in [0.15, 0.2) is 66.3 Å². The second-order valence-corrected chi connectivity index (χ2v) is 5.40. The number of hydrogen-bond acceptors (Lipinski definition) is 3. The fourth-order valence-electron chi connectivity index (χ4n) is 2.64. The van der Waals surface area contributed by atoms with Crippen LogP contribution >= 0.6 is 0 Å². The van der Waals surface area contributed by atoms with Gasteiger partial charge in [-0.1, -0.05) is 60.7 Å². The van der Waals surface area contributed by atoms with Crippen LogP contribution in [0.2, 0.25) is 0 Å². The number of carbonyl (C=O) groups excluding carboxylic acids is 2. The maximum atomic E-state index is 12.4. The highest BCUT2D eigenvalue weighted by molar-refractivity contribution is 6.40. The maximum absolute atomic E-state index is 12.4. The summed E-state index contributed by atoms with van der Waals surface area (Å²) in [7, 11) is 0. The Kier molecular flexibility index (Phi) is 3.89. The minimum Gasteiger partial charge on any atom is -0.284 e. The fraction of sp³-hybridized carbons (Fsp3) is 0.105. The standard InChI is InChI=1S/C19H16N2O2/c1-3-17(22)19(23)21-18(14-10-8-13(2)9-11-14)16-7-5-4-6-15(16)12-20-21/h3-12,18H,1H2,2H3. The molecule has 1 aliphatic rings. The van der Waals surface area contributed by atoms with Crippen molar-refractivity contribution < 1.29 is 9.59 Å². The summed E-state index contributed by atoms with van der Waals surface area (Å²) >= 11 is 0. The largest absolute Gasteiger partial charge is 0.315 e. The van der Waals surface area contributed by atoms with Crippen LogP contribution in [0.3, 0.4) is 0 Å². The SMILES string of the molecule is C=CC(=O)C(=O)N1N=Cc2ccccc2C1c1ccc(C)cc1. The van der Waals surface area contributed by atoms with Crippen molar-refractivity contribution >= 4 is 17.9 Å². The van der Waals surface area contributed by atoms with Gasteiger partial charge in [-0.15, -0.1) is 0 Å². The zero-order chi connectivity index (χ0) is 16.4. The van der Waals surface area contributed by atoms with Gasteiger partial charge in [-0.25, -0.2) is 5.01 Å². The van der Waals surface area contributed by atoms with Crippen LogP contribution in [0.1, 0.15) is 28.3 Å². The Morgan fingerprint density at radius 1 is 1.13 bits per heavy atom. The van der Waals surface area contributed by atoms with Gasteiger partial charge in [0.15, 0.2) is 0 Å². The van der Waals surface area contributed by atoms with E-state index in [0.29, 0.717) is 0 Å². The second-order valence-electron chi connectivity index (χ2n) is 5.40. The summed E-state index contributed by atoms with van der Waals surface area (Å²) in [4.78, 5) is 24.2. The lowest BCUT2D eigenvalue weighted by Gasteiger charge is -2.31. The summed E-state index contributed by atoms with van der Waals surface area (Å²) < 4.78 is 0. The molecule has 1 aliphatic heterocycles. The molecule has 0 spiro atoms. The Balaban J connectivity index is 2.13. The lowest BCUT2D eigenvalue weighted by atomic mass is 9.92. The normalized spacial score (nSPS) is 15.9. The van der Waals surface area contributed by atoms with E-state index in [1.165, 1.54) is 5.01 Å². The number of rotatable bonds is 3. The molecule has 1 unspecified atom stereocenters. The Hall–Kier alpha value is -3.01. The van der Waals surface area contributed by atoms with E-state index in [1.54, 1.807) is 6.21 Å². The van der Waals surface area contributed by atoms with E-state index in [2.05, 4.69) is 11.7 Å². The van der Waals surface area contributed by atoms with Crippen molar-refractivity contribution in [1.29, 1.82) is 0 Å². The molecule has 2 aromatic carbocycles. The topological polar surface area (TPSA) is 49.7 Å². The number of hydrogen-bond donors (Lipinski definition) is 0. The summed E-state index contributed by atoms with van der Waals surface area (Å²) in [5.74, 6) is -1.35. The Labute approximate surface area is 134 Å². The quantitative estimate of drug-likeness (QED) is 0.646. The summed E-state index contributed by atoms with van der Waals surface area (Å²) in [6, 6.07) is 15.2. The van der Waals surface area contributed by atoms with Crippen molar-refractivity contribution in [3.8, 4) is 0 Å². The lowest BCUT2D eigenvalue weighted by Crippen LogP contribution is -2.37. The Morgan fingerprint density at radius 3 is 2.52 bits per heavy atom. The average Bonchev–Trinajstić information content (AvgIpc) is 2.60. The number of nitrogens with zero attached hydrogens (tertiary/aromatic N) is 2. The van der Waals surface area contributed by atoms with Gasteiger partial charge in [0.2, 0.25) is 5.78 Å². The van der Waals surface area contributed by atoms with Gasteiger partial charge in [-0.05, 0) is 24.1 Å². The summed E-state index contributed by atoms with van der Waals surface area (Å²) in [5.41, 5.74) is 3.91. The number of aryl methyl sites for hydroxylation is 1. The molecular formula is C19H16N2O2. The average molecular weight is 304 g/mol. The molecule has 0 N–H and O–H groups in total. The van der Waals surface area contributed by atoms with Crippen LogP contribution in [0.5, 0.6) is 0 Å². The molecular weight excluding hydrogens is 288 g/mol. The van der Waals surface area contributed by atoms with Crippen LogP contribution < -0.4 is 0 Å². The molecule has 3 rings (SSSR count). The van der Waals surface area contributed by atoms with Gasteiger partial charge in [0.05, 0.1) is 6.21 Å². The molecule has 23 heavy (non-hydrogen) atoms. The van der Waals surface area contributed by atoms with Crippen LogP contribution in [0.25, 0.3) is 0 Å². The van der Waals surface area contributed by atoms with Crippen molar-refractivity contribution in [3.05, 3.63) is 83.4 Å². The minimum absolute atomic E-state index is 0.423. The monoisotopic (exact) mass is 304 g/mol. The van der Waals surface area contributed by atoms with Crippen LogP contribution in [-0.2, 0) is 9.59 Å². The third-order valence-corrected chi connectivity index (χ3v) is 3.85. The van der Waals surface area contributed by atoms with E-state index in [-0.39, 0.29) is 0 Å². The Morgan fingerprint density at radius 2 is 1.83 bits per heavy atom. The zero-order valence-corrected chi connectivity index (χ0v) is 12.8.